The summed E-state index contributed by atoms with van der Waals surface area (Å²) in [7, 11) is 0. The van der Waals surface area contributed by atoms with E-state index >= 15 is 0 Å². The second-order valence-electron chi connectivity index (χ2n) is 3.68. The Balaban J connectivity index is 2.74. The van der Waals surface area contributed by atoms with Crippen molar-refractivity contribution >= 4 is 17.3 Å². The number of benzene rings is 1. The molecule has 1 aromatic carbocycles. The predicted octanol–water partition coefficient (Wildman–Crippen LogP) is 2.52. The highest BCUT2D eigenvalue weighted by Crippen LogP contribution is 2.18. The number of anilines is 1. The lowest BCUT2D eigenvalue weighted by atomic mass is 10.1. The highest BCUT2D eigenvalue weighted by molar-refractivity contribution is 6.30. The van der Waals surface area contributed by atoms with Crippen molar-refractivity contribution < 1.29 is 5.11 Å². The van der Waals surface area contributed by atoms with Crippen LogP contribution in [0.15, 0.2) is 24.3 Å². The molecule has 0 fully saturated rings. The highest BCUT2D eigenvalue weighted by atomic mass is 35.5. The molecule has 13 heavy (non-hydrogen) atoms. The second-order valence-corrected chi connectivity index (χ2v) is 4.11. The van der Waals surface area contributed by atoms with Gasteiger partial charge in [-0.25, -0.2) is 0 Å². The van der Waals surface area contributed by atoms with Crippen molar-refractivity contribution in [1.82, 2.24) is 0 Å². The molecule has 0 aliphatic rings. The average Bonchev–Trinajstić information content (AvgIpc) is 2.03. The zero-order valence-corrected chi connectivity index (χ0v) is 8.60. The van der Waals surface area contributed by atoms with Crippen LogP contribution in [0.5, 0.6) is 0 Å². The van der Waals surface area contributed by atoms with E-state index in [9.17, 15) is 0 Å². The first-order chi connectivity index (χ1) is 6.03. The number of hydrogen-bond donors (Lipinski definition) is 2. The molecule has 0 amide bonds. The van der Waals surface area contributed by atoms with Gasteiger partial charge in [-0.3, -0.25) is 0 Å². The van der Waals surface area contributed by atoms with Crippen LogP contribution < -0.4 is 5.32 Å². The zero-order valence-electron chi connectivity index (χ0n) is 7.84. The molecular weight excluding hydrogens is 186 g/mol. The Morgan fingerprint density at radius 2 is 2.15 bits per heavy atom. The third-order valence-electron chi connectivity index (χ3n) is 1.70. The molecule has 3 heteroatoms. The highest BCUT2D eigenvalue weighted by Gasteiger charge is 2.15. The standard InChI is InChI=1S/C10H14ClNO/c1-10(2,7-13)12-9-5-3-4-8(11)6-9/h3-6,12-13H,7H2,1-2H3. The van der Waals surface area contributed by atoms with Gasteiger partial charge >= 0.3 is 0 Å². The molecule has 72 valence electrons. The molecule has 0 unspecified atom stereocenters. The van der Waals surface area contributed by atoms with Gasteiger partial charge in [0.15, 0.2) is 0 Å². The zero-order chi connectivity index (χ0) is 9.90. The normalized spacial score (nSPS) is 11.4. The van der Waals surface area contributed by atoms with E-state index in [4.69, 9.17) is 16.7 Å². The van der Waals surface area contributed by atoms with Crippen LogP contribution in [-0.2, 0) is 0 Å². The van der Waals surface area contributed by atoms with E-state index in [0.29, 0.717) is 5.02 Å². The first kappa shape index (κ1) is 10.4. The maximum absolute atomic E-state index is 9.03. The Hall–Kier alpha value is -0.730. The van der Waals surface area contributed by atoms with Gasteiger partial charge < -0.3 is 10.4 Å². The lowest BCUT2D eigenvalue weighted by Gasteiger charge is -2.24. The van der Waals surface area contributed by atoms with Gasteiger partial charge in [-0.1, -0.05) is 17.7 Å². The van der Waals surface area contributed by atoms with E-state index in [-0.39, 0.29) is 12.1 Å². The monoisotopic (exact) mass is 199 g/mol. The summed E-state index contributed by atoms with van der Waals surface area (Å²) in [5.41, 5.74) is 0.608. The van der Waals surface area contributed by atoms with E-state index in [0.717, 1.165) is 5.69 Å². The number of nitrogens with one attached hydrogen (secondary N) is 1. The molecule has 2 N–H and O–H groups in total. The van der Waals surface area contributed by atoms with Gasteiger partial charge in [-0.15, -0.1) is 0 Å². The van der Waals surface area contributed by atoms with Crippen LogP contribution in [-0.4, -0.2) is 17.3 Å². The van der Waals surface area contributed by atoms with E-state index in [2.05, 4.69) is 5.32 Å². The van der Waals surface area contributed by atoms with Crippen molar-refractivity contribution in [3.63, 3.8) is 0 Å². The van der Waals surface area contributed by atoms with Crippen LogP contribution in [0.4, 0.5) is 5.69 Å². The number of hydrogen-bond acceptors (Lipinski definition) is 2. The fourth-order valence-corrected chi connectivity index (χ4v) is 1.19. The second kappa shape index (κ2) is 3.99. The average molecular weight is 200 g/mol. The molecule has 0 bridgehead atoms. The topological polar surface area (TPSA) is 32.3 Å². The summed E-state index contributed by atoms with van der Waals surface area (Å²) < 4.78 is 0. The SMILES string of the molecule is CC(C)(CO)Nc1cccc(Cl)c1. The molecule has 2 nitrogen and oxygen atoms in total. The van der Waals surface area contributed by atoms with E-state index < -0.39 is 0 Å². The molecule has 0 spiro atoms. The van der Waals surface area contributed by atoms with Crippen molar-refractivity contribution in [3.8, 4) is 0 Å². The van der Waals surface area contributed by atoms with E-state index in [1.165, 1.54) is 0 Å². The maximum atomic E-state index is 9.03. The van der Waals surface area contributed by atoms with Crippen LogP contribution in [0.1, 0.15) is 13.8 Å². The molecule has 0 saturated heterocycles. The van der Waals surface area contributed by atoms with Gasteiger partial charge in [-0.2, -0.15) is 0 Å². The fourth-order valence-electron chi connectivity index (χ4n) is 0.997. The molecule has 1 aromatic rings. The molecule has 0 aliphatic carbocycles. The Bertz CT molecular complexity index is 286. The minimum atomic E-state index is -0.315. The molecule has 0 aliphatic heterocycles. The molecule has 0 aromatic heterocycles. The summed E-state index contributed by atoms with van der Waals surface area (Å²) in [6, 6.07) is 7.44. The van der Waals surface area contributed by atoms with Crippen molar-refractivity contribution in [2.75, 3.05) is 11.9 Å². The van der Waals surface area contributed by atoms with Crippen molar-refractivity contribution in [2.45, 2.75) is 19.4 Å². The molecule has 1 rings (SSSR count). The number of aliphatic hydroxyl groups excluding tert-OH is 1. The molecule has 0 heterocycles. The quantitative estimate of drug-likeness (QED) is 0.784. The Kier molecular flexibility index (Phi) is 3.17. The lowest BCUT2D eigenvalue weighted by molar-refractivity contribution is 0.234. The van der Waals surface area contributed by atoms with Gasteiger partial charge in [-0.05, 0) is 32.0 Å². The number of halogens is 1. The van der Waals surface area contributed by atoms with Gasteiger partial charge in [0.2, 0.25) is 0 Å². The minimum absolute atomic E-state index is 0.0829. The van der Waals surface area contributed by atoms with Crippen LogP contribution >= 0.6 is 11.6 Å². The van der Waals surface area contributed by atoms with E-state index in [1.54, 1.807) is 0 Å². The maximum Gasteiger partial charge on any atom is 0.0656 e. The summed E-state index contributed by atoms with van der Waals surface area (Å²) in [5, 5.41) is 12.9. The van der Waals surface area contributed by atoms with Gasteiger partial charge in [0, 0.05) is 10.7 Å². The molecule has 0 radical (unpaired) electrons. The van der Waals surface area contributed by atoms with Crippen molar-refractivity contribution in [3.05, 3.63) is 29.3 Å². The third-order valence-corrected chi connectivity index (χ3v) is 1.94. The van der Waals surface area contributed by atoms with Crippen LogP contribution in [0, 0.1) is 0 Å². The first-order valence-electron chi connectivity index (χ1n) is 4.18. The number of rotatable bonds is 3. The number of aliphatic hydroxyl groups is 1. The Morgan fingerprint density at radius 3 is 2.69 bits per heavy atom. The minimum Gasteiger partial charge on any atom is -0.394 e. The molecule has 0 saturated carbocycles. The van der Waals surface area contributed by atoms with Crippen LogP contribution in [0.3, 0.4) is 0 Å². The largest absolute Gasteiger partial charge is 0.394 e. The Labute approximate surface area is 83.5 Å². The fraction of sp³-hybridized carbons (Fsp3) is 0.400. The van der Waals surface area contributed by atoms with Gasteiger partial charge in [0.25, 0.3) is 0 Å². The van der Waals surface area contributed by atoms with Crippen LogP contribution in [0.2, 0.25) is 5.02 Å². The van der Waals surface area contributed by atoms with Crippen LogP contribution in [0.25, 0.3) is 0 Å². The summed E-state index contributed by atoms with van der Waals surface area (Å²) in [4.78, 5) is 0. The predicted molar refractivity (Wildman–Crippen MR) is 56.2 cm³/mol. The molecule has 0 atom stereocenters. The lowest BCUT2D eigenvalue weighted by Crippen LogP contribution is -2.34. The summed E-state index contributed by atoms with van der Waals surface area (Å²) >= 11 is 5.81. The van der Waals surface area contributed by atoms with Crippen molar-refractivity contribution in [1.29, 1.82) is 0 Å². The summed E-state index contributed by atoms with van der Waals surface area (Å²) in [5.74, 6) is 0. The smallest absolute Gasteiger partial charge is 0.0656 e. The first-order valence-corrected chi connectivity index (χ1v) is 4.56. The summed E-state index contributed by atoms with van der Waals surface area (Å²) in [6.45, 7) is 3.93. The molecular formula is C10H14ClNO. The van der Waals surface area contributed by atoms with Gasteiger partial charge in [0.05, 0.1) is 12.1 Å². The summed E-state index contributed by atoms with van der Waals surface area (Å²) in [6.07, 6.45) is 0. The Morgan fingerprint density at radius 1 is 1.46 bits per heavy atom. The third kappa shape index (κ3) is 3.25. The van der Waals surface area contributed by atoms with Crippen molar-refractivity contribution in [2.24, 2.45) is 0 Å². The van der Waals surface area contributed by atoms with Gasteiger partial charge in [0.1, 0.15) is 0 Å². The van der Waals surface area contributed by atoms with E-state index in [1.807, 2.05) is 38.1 Å².